The second-order valence-corrected chi connectivity index (χ2v) is 3.20. The van der Waals surface area contributed by atoms with E-state index in [4.69, 9.17) is 14.3 Å². The Bertz CT molecular complexity index is 611. The van der Waals surface area contributed by atoms with Crippen LogP contribution in [-0.2, 0) is 11.8 Å². The molecule has 0 aliphatic heterocycles. The molecule has 2 rings (SSSR count). The van der Waals surface area contributed by atoms with E-state index in [0.717, 1.165) is 5.52 Å². The van der Waals surface area contributed by atoms with Gasteiger partial charge in [0.2, 0.25) is 0 Å². The van der Waals surface area contributed by atoms with Gasteiger partial charge < -0.3 is 9.52 Å². The highest BCUT2D eigenvalue weighted by atomic mass is 19.4. The third-order valence-electron chi connectivity index (χ3n) is 1.94. The van der Waals surface area contributed by atoms with Gasteiger partial charge in [-0.3, -0.25) is 4.57 Å². The van der Waals surface area contributed by atoms with Crippen molar-refractivity contribution in [2.24, 2.45) is 7.05 Å². The van der Waals surface area contributed by atoms with Gasteiger partial charge in [0, 0.05) is 7.05 Å². The number of rotatable bonds is 0. The molecule has 0 unspecified atom stereocenters. The maximum Gasteiger partial charge on any atom is 0.490 e. The van der Waals surface area contributed by atoms with Gasteiger partial charge in [-0.25, -0.2) is 9.59 Å². The third kappa shape index (κ3) is 3.12. The molecule has 1 N–H and O–H groups in total. The van der Waals surface area contributed by atoms with E-state index in [2.05, 4.69) is 0 Å². The predicted octanol–water partition coefficient (Wildman–Crippen LogP) is 1.76. The Hall–Kier alpha value is -2.25. The van der Waals surface area contributed by atoms with E-state index in [1.807, 2.05) is 18.2 Å². The SMILES string of the molecule is Cn1c(=O)oc2ccccc21.O=C(O)C(F)(F)F. The fourth-order valence-corrected chi connectivity index (χ4v) is 1.08. The first-order valence-corrected chi connectivity index (χ1v) is 4.58. The van der Waals surface area contributed by atoms with E-state index >= 15 is 0 Å². The van der Waals surface area contributed by atoms with Crippen LogP contribution in [0.15, 0.2) is 33.5 Å². The molecule has 2 aromatic rings. The average Bonchev–Trinajstić information content (AvgIpc) is 2.55. The summed E-state index contributed by atoms with van der Waals surface area (Å²) >= 11 is 0. The minimum atomic E-state index is -5.08. The largest absolute Gasteiger partial charge is 0.490 e. The molecule has 0 aliphatic rings. The molecular formula is C10H8F3NO4. The van der Waals surface area contributed by atoms with E-state index < -0.39 is 12.1 Å². The van der Waals surface area contributed by atoms with Crippen molar-refractivity contribution in [3.63, 3.8) is 0 Å². The van der Waals surface area contributed by atoms with Crippen LogP contribution in [0.4, 0.5) is 13.2 Å². The summed E-state index contributed by atoms with van der Waals surface area (Å²) in [6.45, 7) is 0. The second kappa shape index (κ2) is 4.94. The van der Waals surface area contributed by atoms with Gasteiger partial charge in [0.25, 0.3) is 0 Å². The number of hydrogen-bond donors (Lipinski definition) is 1. The summed E-state index contributed by atoms with van der Waals surface area (Å²) in [4.78, 5) is 19.8. The number of aliphatic carboxylic acids is 1. The molecule has 5 nitrogen and oxygen atoms in total. The number of alkyl halides is 3. The molecule has 8 heteroatoms. The van der Waals surface area contributed by atoms with Gasteiger partial charge in [0.1, 0.15) is 0 Å². The number of halogens is 3. The molecule has 1 heterocycles. The zero-order valence-corrected chi connectivity index (χ0v) is 9.06. The van der Waals surface area contributed by atoms with Crippen LogP contribution >= 0.6 is 0 Å². The number of benzene rings is 1. The molecular weight excluding hydrogens is 255 g/mol. The summed E-state index contributed by atoms with van der Waals surface area (Å²) in [5.74, 6) is -3.07. The molecule has 1 aromatic carbocycles. The van der Waals surface area contributed by atoms with Crippen LogP contribution < -0.4 is 5.76 Å². The van der Waals surface area contributed by atoms with E-state index in [1.165, 1.54) is 4.57 Å². The smallest absolute Gasteiger partial charge is 0.475 e. The number of carboxylic acid groups (broad SMARTS) is 1. The molecule has 18 heavy (non-hydrogen) atoms. The summed E-state index contributed by atoms with van der Waals surface area (Å²) < 4.78 is 38.1. The quantitative estimate of drug-likeness (QED) is 0.786. The highest BCUT2D eigenvalue weighted by Crippen LogP contribution is 2.13. The van der Waals surface area contributed by atoms with Gasteiger partial charge >= 0.3 is 17.9 Å². The minimum Gasteiger partial charge on any atom is -0.475 e. The van der Waals surface area contributed by atoms with Crippen molar-refractivity contribution in [2.45, 2.75) is 6.18 Å². The molecule has 0 saturated carbocycles. The molecule has 0 amide bonds. The number of aryl methyl sites for hydroxylation is 1. The Morgan fingerprint density at radius 3 is 2.28 bits per heavy atom. The molecule has 0 atom stereocenters. The van der Waals surface area contributed by atoms with Gasteiger partial charge in [-0.1, -0.05) is 12.1 Å². The monoisotopic (exact) mass is 263 g/mol. The van der Waals surface area contributed by atoms with Crippen LogP contribution in [0, 0.1) is 0 Å². The lowest BCUT2D eigenvalue weighted by molar-refractivity contribution is -0.192. The van der Waals surface area contributed by atoms with Crippen molar-refractivity contribution >= 4 is 17.1 Å². The molecule has 0 saturated heterocycles. The Morgan fingerprint density at radius 1 is 1.33 bits per heavy atom. The van der Waals surface area contributed by atoms with Crippen molar-refractivity contribution in [3.05, 3.63) is 34.8 Å². The van der Waals surface area contributed by atoms with Gasteiger partial charge in [0.15, 0.2) is 5.58 Å². The molecule has 98 valence electrons. The lowest BCUT2D eigenvalue weighted by Gasteiger charge is -1.93. The standard InChI is InChI=1S/C8H7NO2.C2HF3O2/c1-9-6-4-2-3-5-7(6)11-8(9)10;3-2(4,5)1(6)7/h2-5H,1H3;(H,6,7). The van der Waals surface area contributed by atoms with Crippen molar-refractivity contribution in [1.82, 2.24) is 4.57 Å². The molecule has 1 aromatic heterocycles. The minimum absolute atomic E-state index is 0.314. The van der Waals surface area contributed by atoms with Crippen LogP contribution in [0.2, 0.25) is 0 Å². The van der Waals surface area contributed by atoms with E-state index in [1.54, 1.807) is 13.1 Å². The number of carbonyl (C=O) groups is 1. The van der Waals surface area contributed by atoms with E-state index in [0.29, 0.717) is 5.58 Å². The summed E-state index contributed by atoms with van der Waals surface area (Å²) in [5.41, 5.74) is 1.47. The number of aromatic nitrogens is 1. The third-order valence-corrected chi connectivity index (χ3v) is 1.94. The summed E-state index contributed by atoms with van der Waals surface area (Å²) in [6.07, 6.45) is -5.08. The normalized spacial score (nSPS) is 10.9. The maximum absolute atomic E-state index is 10.9. The van der Waals surface area contributed by atoms with Gasteiger partial charge in [-0.2, -0.15) is 13.2 Å². The number of fused-ring (bicyclic) bond motifs is 1. The van der Waals surface area contributed by atoms with Crippen molar-refractivity contribution in [1.29, 1.82) is 0 Å². The maximum atomic E-state index is 10.9. The predicted molar refractivity (Wildman–Crippen MR) is 55.1 cm³/mol. The lowest BCUT2D eigenvalue weighted by atomic mass is 10.3. The highest BCUT2D eigenvalue weighted by molar-refractivity contribution is 5.73. The van der Waals surface area contributed by atoms with E-state index in [9.17, 15) is 18.0 Å². The molecule has 0 radical (unpaired) electrons. The lowest BCUT2D eigenvalue weighted by Crippen LogP contribution is -2.21. The number of nitrogens with zero attached hydrogens (tertiary/aromatic N) is 1. The van der Waals surface area contributed by atoms with Crippen molar-refractivity contribution < 1.29 is 27.5 Å². The topological polar surface area (TPSA) is 72.4 Å². The average molecular weight is 263 g/mol. The first-order valence-electron chi connectivity index (χ1n) is 4.58. The summed E-state index contributed by atoms with van der Waals surface area (Å²) in [7, 11) is 1.69. The Kier molecular flexibility index (Phi) is 3.79. The number of para-hydroxylation sites is 2. The fourth-order valence-electron chi connectivity index (χ4n) is 1.08. The van der Waals surface area contributed by atoms with Gasteiger partial charge in [0.05, 0.1) is 5.52 Å². The van der Waals surface area contributed by atoms with Crippen molar-refractivity contribution in [2.75, 3.05) is 0 Å². The molecule has 0 bridgehead atoms. The van der Waals surface area contributed by atoms with Crippen molar-refractivity contribution in [3.8, 4) is 0 Å². The van der Waals surface area contributed by atoms with Crippen LogP contribution in [0.25, 0.3) is 11.1 Å². The second-order valence-electron chi connectivity index (χ2n) is 3.20. The molecule has 0 spiro atoms. The first-order chi connectivity index (χ1) is 8.23. The zero-order chi connectivity index (χ0) is 13.9. The van der Waals surface area contributed by atoms with Crippen LogP contribution in [0.3, 0.4) is 0 Å². The molecule has 0 aliphatic carbocycles. The van der Waals surface area contributed by atoms with Crippen LogP contribution in [0.5, 0.6) is 0 Å². The van der Waals surface area contributed by atoms with Gasteiger partial charge in [-0.15, -0.1) is 0 Å². The number of oxazole rings is 1. The Morgan fingerprint density at radius 2 is 1.83 bits per heavy atom. The zero-order valence-electron chi connectivity index (χ0n) is 9.06. The van der Waals surface area contributed by atoms with E-state index in [-0.39, 0.29) is 5.76 Å². The fraction of sp³-hybridized carbons (Fsp3) is 0.200. The van der Waals surface area contributed by atoms with Crippen LogP contribution in [-0.4, -0.2) is 21.8 Å². The van der Waals surface area contributed by atoms with Crippen LogP contribution in [0.1, 0.15) is 0 Å². The summed E-state index contributed by atoms with van der Waals surface area (Å²) in [6, 6.07) is 7.33. The Balaban J connectivity index is 0.000000203. The highest BCUT2D eigenvalue weighted by Gasteiger charge is 2.38. The Labute approximate surface area is 98.1 Å². The number of hydrogen-bond acceptors (Lipinski definition) is 3. The molecule has 0 fully saturated rings. The van der Waals surface area contributed by atoms with Gasteiger partial charge in [-0.05, 0) is 12.1 Å². The first kappa shape index (κ1) is 13.8. The summed E-state index contributed by atoms with van der Waals surface area (Å²) in [5, 5.41) is 7.12. The number of carboxylic acids is 1.